The minimum atomic E-state index is -0.928. The summed E-state index contributed by atoms with van der Waals surface area (Å²) in [6, 6.07) is 3.84. The quantitative estimate of drug-likeness (QED) is 0.817. The topological polar surface area (TPSA) is 90.4 Å². The molecule has 0 aliphatic heterocycles. The van der Waals surface area contributed by atoms with Crippen molar-refractivity contribution in [2.75, 3.05) is 14.2 Å². The molecule has 0 spiro atoms. The van der Waals surface area contributed by atoms with Gasteiger partial charge in [0.2, 0.25) is 0 Å². The summed E-state index contributed by atoms with van der Waals surface area (Å²) < 4.78 is 10.8. The molecule has 1 aromatic carbocycles. The van der Waals surface area contributed by atoms with E-state index in [0.717, 1.165) is 11.0 Å². The lowest BCUT2D eigenvalue weighted by Gasteiger charge is -2.16. The molecule has 0 amide bonds. The van der Waals surface area contributed by atoms with Crippen LogP contribution in [-0.4, -0.2) is 29.7 Å². The van der Waals surface area contributed by atoms with Gasteiger partial charge in [-0.3, -0.25) is 4.79 Å². The summed E-state index contributed by atoms with van der Waals surface area (Å²) in [6.45, 7) is 1.97. The van der Waals surface area contributed by atoms with Crippen molar-refractivity contribution in [2.24, 2.45) is 0 Å². The molecule has 0 saturated carbocycles. The summed E-state index contributed by atoms with van der Waals surface area (Å²) in [6.07, 6.45) is 1.91. The number of aromatic nitrogens is 2. The van der Waals surface area contributed by atoms with Gasteiger partial charge >= 0.3 is 11.7 Å². The number of nitrogens with one attached hydrogen (secondary N) is 1. The summed E-state index contributed by atoms with van der Waals surface area (Å²) >= 11 is 0. The van der Waals surface area contributed by atoms with E-state index in [1.807, 2.05) is 6.92 Å². The summed E-state index contributed by atoms with van der Waals surface area (Å²) in [5.74, 6) is -0.0697. The molecule has 0 saturated heterocycles. The number of H-pyrrole nitrogens is 1. The van der Waals surface area contributed by atoms with Gasteiger partial charge in [-0.25, -0.2) is 14.2 Å². The van der Waals surface area contributed by atoms with E-state index in [4.69, 9.17) is 9.47 Å². The number of ether oxygens (including phenoxy) is 2. The second kappa shape index (κ2) is 7.13. The van der Waals surface area contributed by atoms with Crippen LogP contribution in [0.25, 0.3) is 10.9 Å². The van der Waals surface area contributed by atoms with Gasteiger partial charge in [-0.15, -0.1) is 0 Å². The van der Waals surface area contributed by atoms with E-state index in [1.54, 1.807) is 18.2 Å². The van der Waals surface area contributed by atoms with Gasteiger partial charge in [0, 0.05) is 6.07 Å². The summed E-state index contributed by atoms with van der Waals surface area (Å²) in [4.78, 5) is 39.6. The Hall–Kier alpha value is -2.57. The fraction of sp³-hybridized carbons (Fsp3) is 0.438. The number of nitrogens with zero attached hydrogens (tertiary/aromatic N) is 1. The smallest absolute Gasteiger partial charge is 0.329 e. The van der Waals surface area contributed by atoms with Crippen molar-refractivity contribution < 1.29 is 14.3 Å². The Morgan fingerprint density at radius 2 is 2.04 bits per heavy atom. The van der Waals surface area contributed by atoms with Crippen LogP contribution in [0.3, 0.4) is 0 Å². The molecule has 1 N–H and O–H groups in total. The van der Waals surface area contributed by atoms with Crippen LogP contribution in [0, 0.1) is 0 Å². The molecular formula is C16H20N2O5. The molecule has 0 aliphatic carbocycles. The monoisotopic (exact) mass is 320 g/mol. The molecule has 0 radical (unpaired) electrons. The first-order valence-corrected chi connectivity index (χ1v) is 7.43. The van der Waals surface area contributed by atoms with Crippen molar-refractivity contribution in [2.45, 2.75) is 32.2 Å². The summed E-state index contributed by atoms with van der Waals surface area (Å²) in [5, 5.41) is 0.316. The third kappa shape index (κ3) is 3.28. The van der Waals surface area contributed by atoms with Crippen molar-refractivity contribution in [3.05, 3.63) is 39.0 Å². The fourth-order valence-electron chi connectivity index (χ4n) is 2.51. The van der Waals surface area contributed by atoms with E-state index in [-0.39, 0.29) is 0 Å². The van der Waals surface area contributed by atoms with E-state index in [9.17, 15) is 14.4 Å². The zero-order valence-corrected chi connectivity index (χ0v) is 13.4. The second-order valence-corrected chi connectivity index (χ2v) is 5.20. The Kier molecular flexibility index (Phi) is 5.20. The predicted molar refractivity (Wildman–Crippen MR) is 86.0 cm³/mol. The molecule has 2 aromatic rings. The molecule has 7 nitrogen and oxygen atoms in total. The van der Waals surface area contributed by atoms with Crippen molar-refractivity contribution >= 4 is 16.9 Å². The van der Waals surface area contributed by atoms with E-state index < -0.39 is 23.3 Å². The van der Waals surface area contributed by atoms with Crippen LogP contribution in [0.2, 0.25) is 0 Å². The molecule has 23 heavy (non-hydrogen) atoms. The zero-order chi connectivity index (χ0) is 17.0. The number of carbonyl (C=O) groups is 1. The van der Waals surface area contributed by atoms with Crippen LogP contribution in [0.1, 0.15) is 32.2 Å². The Balaban J connectivity index is 2.65. The van der Waals surface area contributed by atoms with Crippen molar-refractivity contribution in [1.82, 2.24) is 9.55 Å². The maximum absolute atomic E-state index is 12.7. The van der Waals surface area contributed by atoms with E-state index >= 15 is 0 Å². The molecule has 0 aliphatic rings. The number of methoxy groups -OCH3 is 2. The summed E-state index contributed by atoms with van der Waals surface area (Å²) in [7, 11) is 2.74. The van der Waals surface area contributed by atoms with Gasteiger partial charge in [-0.05, 0) is 18.6 Å². The van der Waals surface area contributed by atoms with Crippen molar-refractivity contribution in [1.29, 1.82) is 0 Å². The zero-order valence-electron chi connectivity index (χ0n) is 13.4. The molecule has 124 valence electrons. The number of fused-ring (bicyclic) bond motifs is 1. The lowest BCUT2D eigenvalue weighted by atomic mass is 10.1. The van der Waals surface area contributed by atoms with Gasteiger partial charge in [0.15, 0.2) is 0 Å². The van der Waals surface area contributed by atoms with Gasteiger partial charge in [0.1, 0.15) is 11.8 Å². The van der Waals surface area contributed by atoms with E-state index in [2.05, 4.69) is 4.98 Å². The minimum Gasteiger partial charge on any atom is -0.497 e. The molecular weight excluding hydrogens is 300 g/mol. The Bertz CT molecular complexity index is 821. The first-order chi connectivity index (χ1) is 11.0. The lowest BCUT2D eigenvalue weighted by molar-refractivity contribution is -0.145. The Morgan fingerprint density at radius 3 is 2.65 bits per heavy atom. The van der Waals surface area contributed by atoms with Gasteiger partial charge in [0.25, 0.3) is 5.56 Å². The van der Waals surface area contributed by atoms with Gasteiger partial charge < -0.3 is 14.5 Å². The minimum absolute atomic E-state index is 0.316. The SMILES string of the molecule is CCCC[C@@H](C(=O)OC)n1c(=O)[nH]c2cc(OC)ccc2c1=O. The molecule has 1 aromatic heterocycles. The maximum atomic E-state index is 12.7. The van der Waals surface area contributed by atoms with Crippen LogP contribution in [0.15, 0.2) is 27.8 Å². The highest BCUT2D eigenvalue weighted by Gasteiger charge is 2.25. The van der Waals surface area contributed by atoms with Gasteiger partial charge in [-0.1, -0.05) is 19.8 Å². The van der Waals surface area contributed by atoms with E-state index in [1.165, 1.54) is 14.2 Å². The van der Waals surface area contributed by atoms with Gasteiger partial charge in [0.05, 0.1) is 25.1 Å². The predicted octanol–water partition coefficient (Wildman–Crippen LogP) is 1.60. The number of aromatic amines is 1. The highest BCUT2D eigenvalue weighted by atomic mass is 16.5. The average molecular weight is 320 g/mol. The van der Waals surface area contributed by atoms with Crippen LogP contribution >= 0.6 is 0 Å². The molecule has 7 heteroatoms. The number of benzene rings is 1. The first-order valence-electron chi connectivity index (χ1n) is 7.43. The third-order valence-corrected chi connectivity index (χ3v) is 3.75. The van der Waals surface area contributed by atoms with E-state index in [0.29, 0.717) is 29.5 Å². The van der Waals surface area contributed by atoms with Gasteiger partial charge in [-0.2, -0.15) is 0 Å². The van der Waals surface area contributed by atoms with Crippen molar-refractivity contribution in [3.63, 3.8) is 0 Å². The van der Waals surface area contributed by atoms with Crippen LogP contribution < -0.4 is 16.0 Å². The van der Waals surface area contributed by atoms with Crippen molar-refractivity contribution in [3.8, 4) is 5.75 Å². The number of hydrogen-bond donors (Lipinski definition) is 1. The van der Waals surface area contributed by atoms with Crippen LogP contribution in [0.5, 0.6) is 5.75 Å². The molecule has 0 fully saturated rings. The van der Waals surface area contributed by atoms with Crippen LogP contribution in [-0.2, 0) is 9.53 Å². The molecule has 1 atom stereocenters. The fourth-order valence-corrected chi connectivity index (χ4v) is 2.51. The molecule has 2 rings (SSSR count). The van der Waals surface area contributed by atoms with Crippen LogP contribution in [0.4, 0.5) is 0 Å². The number of rotatable bonds is 6. The standard InChI is InChI=1S/C16H20N2O5/c1-4-5-6-13(15(20)23-3)18-14(19)11-8-7-10(22-2)9-12(11)17-16(18)21/h7-9,13H,4-6H2,1-3H3,(H,17,21)/t13-/m0/s1. The second-order valence-electron chi connectivity index (χ2n) is 5.20. The number of unbranched alkanes of at least 4 members (excludes halogenated alkanes) is 1. The number of carbonyl (C=O) groups excluding carboxylic acids is 1. The Labute approximate surface area is 132 Å². The largest absolute Gasteiger partial charge is 0.497 e. The third-order valence-electron chi connectivity index (χ3n) is 3.75. The first kappa shape index (κ1) is 16.8. The highest BCUT2D eigenvalue weighted by Crippen LogP contribution is 2.18. The molecule has 0 unspecified atom stereocenters. The average Bonchev–Trinajstić information content (AvgIpc) is 2.56. The number of esters is 1. The molecule has 0 bridgehead atoms. The lowest BCUT2D eigenvalue weighted by Crippen LogP contribution is -2.41. The summed E-state index contributed by atoms with van der Waals surface area (Å²) in [5.41, 5.74) is -0.783. The number of hydrogen-bond acceptors (Lipinski definition) is 5. The molecule has 1 heterocycles. The maximum Gasteiger partial charge on any atom is 0.329 e. The Morgan fingerprint density at radius 1 is 1.30 bits per heavy atom. The highest BCUT2D eigenvalue weighted by molar-refractivity contribution is 5.80. The normalized spacial score (nSPS) is 12.1.